The van der Waals surface area contributed by atoms with Gasteiger partial charge in [-0.3, -0.25) is 0 Å². The lowest BCUT2D eigenvalue weighted by molar-refractivity contribution is -0.137. The first-order chi connectivity index (χ1) is 14.9. The van der Waals surface area contributed by atoms with Gasteiger partial charge in [-0.1, -0.05) is 6.07 Å². The molecule has 3 heterocycles. The number of hydrogen-bond acceptors (Lipinski definition) is 7. The van der Waals surface area contributed by atoms with Gasteiger partial charge in [0.25, 0.3) is 0 Å². The number of halogens is 4. The van der Waals surface area contributed by atoms with Crippen LogP contribution in [0.4, 0.5) is 23.4 Å². The van der Waals surface area contributed by atoms with Crippen LogP contribution in [0.2, 0.25) is 0 Å². The van der Waals surface area contributed by atoms with Gasteiger partial charge in [0.15, 0.2) is 11.5 Å². The van der Waals surface area contributed by atoms with Gasteiger partial charge in [-0.2, -0.15) is 13.2 Å². The number of aromatic nitrogens is 5. The van der Waals surface area contributed by atoms with Gasteiger partial charge in [0.2, 0.25) is 5.88 Å². The molecule has 31 heavy (non-hydrogen) atoms. The average Bonchev–Trinajstić information content (AvgIpc) is 2.75. The van der Waals surface area contributed by atoms with E-state index in [2.05, 4.69) is 30.2 Å². The first kappa shape index (κ1) is 20.4. The van der Waals surface area contributed by atoms with E-state index in [1.165, 1.54) is 30.9 Å². The molecule has 0 aliphatic rings. The van der Waals surface area contributed by atoms with Crippen molar-refractivity contribution in [3.63, 3.8) is 0 Å². The minimum Gasteiger partial charge on any atom is -0.439 e. The largest absolute Gasteiger partial charge is 0.439 e. The number of benzene rings is 1. The van der Waals surface area contributed by atoms with Crippen molar-refractivity contribution in [1.82, 2.24) is 24.9 Å². The minimum atomic E-state index is -4.49. The van der Waals surface area contributed by atoms with E-state index in [0.29, 0.717) is 41.7 Å². The monoisotopic (exact) mass is 430 g/mol. The molecule has 0 radical (unpaired) electrons. The van der Waals surface area contributed by atoms with Gasteiger partial charge < -0.3 is 10.1 Å². The van der Waals surface area contributed by atoms with E-state index in [0.717, 1.165) is 18.2 Å². The van der Waals surface area contributed by atoms with Crippen LogP contribution in [0.15, 0.2) is 55.2 Å². The van der Waals surface area contributed by atoms with Crippen LogP contribution >= 0.6 is 0 Å². The number of hydrogen-bond donors (Lipinski definition) is 1. The van der Waals surface area contributed by atoms with E-state index < -0.39 is 17.6 Å². The fourth-order valence-corrected chi connectivity index (χ4v) is 2.76. The van der Waals surface area contributed by atoms with Gasteiger partial charge in [-0.05, 0) is 24.1 Å². The van der Waals surface area contributed by atoms with Gasteiger partial charge in [-0.25, -0.2) is 29.3 Å². The lowest BCUT2D eigenvalue weighted by Gasteiger charge is -2.10. The van der Waals surface area contributed by atoms with Crippen molar-refractivity contribution < 1.29 is 22.3 Å². The zero-order chi connectivity index (χ0) is 21.8. The Hall–Kier alpha value is -3.89. The number of fused-ring (bicyclic) bond motifs is 1. The minimum absolute atomic E-state index is 0.0708. The van der Waals surface area contributed by atoms with Crippen LogP contribution in [0.1, 0.15) is 11.1 Å². The van der Waals surface area contributed by atoms with Crippen molar-refractivity contribution in [1.29, 1.82) is 0 Å². The zero-order valence-corrected chi connectivity index (χ0v) is 15.8. The Bertz CT molecular complexity index is 1200. The normalized spacial score (nSPS) is 11.5. The molecule has 0 bridgehead atoms. The number of alkyl halides is 3. The lowest BCUT2D eigenvalue weighted by Crippen LogP contribution is -2.09. The molecule has 1 aromatic carbocycles. The SMILES string of the molecule is Fc1cc(Oc2ccc(C(F)(F)F)cn2)ccc1CCNc1ncnc2nccnc12. The molecule has 0 fully saturated rings. The molecule has 4 rings (SSSR count). The molecule has 0 aliphatic carbocycles. The molecular formula is C20H14F4N6O. The van der Waals surface area contributed by atoms with Crippen LogP contribution in [0.5, 0.6) is 11.6 Å². The highest BCUT2D eigenvalue weighted by atomic mass is 19.4. The summed E-state index contributed by atoms with van der Waals surface area (Å²) >= 11 is 0. The Labute approximate surface area is 173 Å². The molecule has 0 saturated heterocycles. The maximum atomic E-state index is 14.4. The van der Waals surface area contributed by atoms with Crippen LogP contribution < -0.4 is 10.1 Å². The van der Waals surface area contributed by atoms with E-state index in [1.807, 2.05) is 0 Å². The number of nitrogens with one attached hydrogen (secondary N) is 1. The van der Waals surface area contributed by atoms with Crippen molar-refractivity contribution >= 4 is 17.0 Å². The number of nitrogens with zero attached hydrogens (tertiary/aromatic N) is 5. The second-order valence-corrected chi connectivity index (χ2v) is 6.37. The Morgan fingerprint density at radius 1 is 0.935 bits per heavy atom. The molecule has 0 spiro atoms. The maximum absolute atomic E-state index is 14.4. The highest BCUT2D eigenvalue weighted by Gasteiger charge is 2.30. The van der Waals surface area contributed by atoms with Crippen molar-refractivity contribution in [2.45, 2.75) is 12.6 Å². The molecular weight excluding hydrogens is 416 g/mol. The molecule has 1 N–H and O–H groups in total. The lowest BCUT2D eigenvalue weighted by atomic mass is 10.1. The Morgan fingerprint density at radius 3 is 2.52 bits per heavy atom. The molecule has 0 saturated carbocycles. The van der Waals surface area contributed by atoms with Gasteiger partial charge in [0, 0.05) is 37.3 Å². The van der Waals surface area contributed by atoms with E-state index in [1.54, 1.807) is 0 Å². The summed E-state index contributed by atoms with van der Waals surface area (Å²) in [4.78, 5) is 20.0. The van der Waals surface area contributed by atoms with Crippen molar-refractivity contribution in [3.8, 4) is 11.6 Å². The van der Waals surface area contributed by atoms with Crippen LogP contribution in [0, 0.1) is 5.82 Å². The summed E-state index contributed by atoms with van der Waals surface area (Å²) in [7, 11) is 0. The molecule has 3 aromatic heterocycles. The number of anilines is 1. The summed E-state index contributed by atoms with van der Waals surface area (Å²) in [6, 6.07) is 6.13. The summed E-state index contributed by atoms with van der Waals surface area (Å²) < 4.78 is 57.5. The van der Waals surface area contributed by atoms with Crippen LogP contribution in [0.25, 0.3) is 11.2 Å². The predicted molar refractivity (Wildman–Crippen MR) is 103 cm³/mol. The Kier molecular flexibility index (Phi) is 5.56. The first-order valence-corrected chi connectivity index (χ1v) is 9.05. The van der Waals surface area contributed by atoms with Gasteiger partial charge in [0.05, 0.1) is 5.56 Å². The Balaban J connectivity index is 1.38. The van der Waals surface area contributed by atoms with Crippen molar-refractivity contribution in [2.75, 3.05) is 11.9 Å². The van der Waals surface area contributed by atoms with Gasteiger partial charge >= 0.3 is 6.18 Å². The maximum Gasteiger partial charge on any atom is 0.417 e. The third-order valence-corrected chi connectivity index (χ3v) is 4.27. The topological polar surface area (TPSA) is 85.7 Å². The van der Waals surface area contributed by atoms with Crippen LogP contribution in [0.3, 0.4) is 0 Å². The molecule has 4 aromatic rings. The molecule has 158 valence electrons. The standard InChI is InChI=1S/C20H14F4N6O/c21-15-9-14(31-16-4-2-13(10-28-16)20(22,23)24)3-1-12(15)5-6-26-18-17-19(30-11-29-18)27-8-7-25-17/h1-4,7-11H,5-6H2,(H,26,27,29,30). The molecule has 11 heteroatoms. The highest BCUT2D eigenvalue weighted by molar-refractivity contribution is 5.81. The zero-order valence-electron chi connectivity index (χ0n) is 15.8. The van der Waals surface area contributed by atoms with Gasteiger partial charge in [0.1, 0.15) is 23.4 Å². The first-order valence-electron chi connectivity index (χ1n) is 9.05. The number of ether oxygens (including phenoxy) is 1. The van der Waals surface area contributed by atoms with Crippen LogP contribution in [-0.4, -0.2) is 31.5 Å². The molecule has 0 amide bonds. The smallest absolute Gasteiger partial charge is 0.417 e. The fraction of sp³-hybridized carbons (Fsp3) is 0.150. The molecule has 0 unspecified atom stereocenters. The summed E-state index contributed by atoms with van der Waals surface area (Å²) in [5.74, 6) is 0.0301. The summed E-state index contributed by atoms with van der Waals surface area (Å²) in [6.45, 7) is 0.375. The summed E-state index contributed by atoms with van der Waals surface area (Å²) in [5, 5.41) is 3.08. The van der Waals surface area contributed by atoms with E-state index in [4.69, 9.17) is 4.74 Å². The van der Waals surface area contributed by atoms with Crippen molar-refractivity contribution in [3.05, 3.63) is 72.2 Å². The van der Waals surface area contributed by atoms with Gasteiger partial charge in [-0.15, -0.1) is 0 Å². The van der Waals surface area contributed by atoms with Crippen molar-refractivity contribution in [2.24, 2.45) is 0 Å². The quantitative estimate of drug-likeness (QED) is 0.453. The molecule has 0 aliphatic heterocycles. The highest BCUT2D eigenvalue weighted by Crippen LogP contribution is 2.30. The number of rotatable bonds is 6. The second kappa shape index (κ2) is 8.46. The summed E-state index contributed by atoms with van der Waals surface area (Å²) in [6.07, 6.45) is 0.932. The summed E-state index contributed by atoms with van der Waals surface area (Å²) in [5.41, 5.74) is 0.490. The fourth-order valence-electron chi connectivity index (χ4n) is 2.76. The second-order valence-electron chi connectivity index (χ2n) is 6.37. The molecule has 0 atom stereocenters. The van der Waals surface area contributed by atoms with Crippen LogP contribution in [-0.2, 0) is 12.6 Å². The third kappa shape index (κ3) is 4.82. The molecule has 7 nitrogen and oxygen atoms in total. The third-order valence-electron chi connectivity index (χ3n) is 4.27. The predicted octanol–water partition coefficient (Wildman–Crippen LogP) is 4.42. The van der Waals surface area contributed by atoms with E-state index in [-0.39, 0.29) is 11.6 Å². The average molecular weight is 430 g/mol. The number of pyridine rings is 1. The van der Waals surface area contributed by atoms with E-state index in [9.17, 15) is 17.6 Å². The van der Waals surface area contributed by atoms with E-state index >= 15 is 0 Å². The Morgan fingerprint density at radius 2 is 1.77 bits per heavy atom.